The lowest BCUT2D eigenvalue weighted by Gasteiger charge is -2.35. The Morgan fingerprint density at radius 2 is 1.83 bits per heavy atom. The number of benzene rings is 1. The smallest absolute Gasteiger partial charge is 0.219 e. The van der Waals surface area contributed by atoms with Gasteiger partial charge in [-0.3, -0.25) is 4.79 Å². The highest BCUT2D eigenvalue weighted by atomic mass is 16.2. The molecule has 1 atom stereocenters. The fourth-order valence-corrected chi connectivity index (χ4v) is 3.92. The van der Waals surface area contributed by atoms with Gasteiger partial charge < -0.3 is 9.80 Å². The minimum absolute atomic E-state index is 0.131. The summed E-state index contributed by atoms with van der Waals surface area (Å²) in [7, 11) is 0. The minimum Gasteiger partial charge on any atom is -0.352 e. The van der Waals surface area contributed by atoms with Crippen LogP contribution in [0.4, 0.5) is 5.82 Å². The summed E-state index contributed by atoms with van der Waals surface area (Å²) >= 11 is 0. The van der Waals surface area contributed by atoms with E-state index in [1.54, 1.807) is 6.92 Å². The normalized spacial score (nSPS) is 15.7. The van der Waals surface area contributed by atoms with E-state index in [2.05, 4.69) is 23.8 Å². The van der Waals surface area contributed by atoms with Gasteiger partial charge in [-0.2, -0.15) is 5.10 Å². The summed E-state index contributed by atoms with van der Waals surface area (Å²) in [6.45, 7) is 8.97. The third-order valence-electron chi connectivity index (χ3n) is 5.61. The van der Waals surface area contributed by atoms with Crippen molar-refractivity contribution in [3.8, 4) is 5.69 Å². The van der Waals surface area contributed by atoms with Crippen LogP contribution in [0.3, 0.4) is 0 Å². The highest BCUT2D eigenvalue weighted by molar-refractivity contribution is 5.88. The summed E-state index contributed by atoms with van der Waals surface area (Å²) < 4.78 is 1.90. The van der Waals surface area contributed by atoms with Gasteiger partial charge in [-0.25, -0.2) is 14.6 Å². The molecular weight excluding hydrogens is 364 g/mol. The van der Waals surface area contributed by atoms with Gasteiger partial charge >= 0.3 is 0 Å². The van der Waals surface area contributed by atoms with E-state index in [-0.39, 0.29) is 11.8 Å². The molecule has 0 bridgehead atoms. The Morgan fingerprint density at radius 3 is 2.48 bits per heavy atom. The molecule has 0 unspecified atom stereocenters. The Labute approximate surface area is 171 Å². The number of aromatic nitrogens is 4. The highest BCUT2D eigenvalue weighted by Crippen LogP contribution is 2.29. The largest absolute Gasteiger partial charge is 0.352 e. The van der Waals surface area contributed by atoms with Crippen LogP contribution in [-0.4, -0.2) is 56.7 Å². The van der Waals surface area contributed by atoms with E-state index in [1.807, 2.05) is 46.1 Å². The number of piperazine rings is 1. The molecule has 1 fully saturated rings. The Hall–Kier alpha value is -2.96. The Balaban J connectivity index is 1.78. The molecule has 1 saturated heterocycles. The van der Waals surface area contributed by atoms with Gasteiger partial charge in [0.2, 0.25) is 5.91 Å². The van der Waals surface area contributed by atoms with Crippen LogP contribution in [0.15, 0.2) is 36.5 Å². The van der Waals surface area contributed by atoms with Crippen molar-refractivity contribution in [1.29, 1.82) is 0 Å². The van der Waals surface area contributed by atoms with Crippen LogP contribution in [0.1, 0.15) is 45.4 Å². The number of carbonyl (C=O) groups is 1. The molecule has 4 rings (SSSR count). The zero-order chi connectivity index (χ0) is 20.4. The van der Waals surface area contributed by atoms with Crippen molar-refractivity contribution >= 4 is 22.8 Å². The van der Waals surface area contributed by atoms with Gasteiger partial charge in [-0.15, -0.1) is 0 Å². The number of hydrogen-bond acceptors (Lipinski definition) is 5. The Bertz CT molecular complexity index is 991. The van der Waals surface area contributed by atoms with Crippen LogP contribution in [0, 0.1) is 0 Å². The van der Waals surface area contributed by atoms with Crippen molar-refractivity contribution < 1.29 is 4.79 Å². The van der Waals surface area contributed by atoms with Crippen molar-refractivity contribution in [2.45, 2.75) is 39.5 Å². The number of fused-ring (bicyclic) bond motifs is 1. The number of anilines is 1. The molecule has 0 N–H and O–H groups in total. The molecular formula is C22H28N6O. The van der Waals surface area contributed by atoms with Crippen molar-refractivity contribution in [2.75, 3.05) is 31.1 Å². The summed E-state index contributed by atoms with van der Waals surface area (Å²) in [5, 5.41) is 5.59. The zero-order valence-electron chi connectivity index (χ0n) is 17.4. The predicted octanol–water partition coefficient (Wildman–Crippen LogP) is 3.39. The van der Waals surface area contributed by atoms with Gasteiger partial charge in [0.15, 0.2) is 5.65 Å². The second kappa shape index (κ2) is 8.19. The van der Waals surface area contributed by atoms with Crippen molar-refractivity contribution in [1.82, 2.24) is 24.6 Å². The predicted molar refractivity (Wildman–Crippen MR) is 114 cm³/mol. The first-order valence-corrected chi connectivity index (χ1v) is 10.4. The second-order valence-electron chi connectivity index (χ2n) is 7.72. The third-order valence-corrected chi connectivity index (χ3v) is 5.61. The molecule has 0 saturated carbocycles. The van der Waals surface area contributed by atoms with E-state index in [9.17, 15) is 4.79 Å². The topological polar surface area (TPSA) is 67.2 Å². The standard InChI is InChI=1S/C22H28N6O/c1-4-8-16(2)20-24-21(27-13-11-26(12-14-27)17(3)29)19-15-23-28(22(19)25-20)18-9-6-5-7-10-18/h5-7,9-10,15-16H,4,8,11-14H2,1-3H3/t16-/m0/s1. The van der Waals surface area contributed by atoms with E-state index in [0.717, 1.165) is 54.3 Å². The summed E-state index contributed by atoms with van der Waals surface area (Å²) in [5.74, 6) is 2.20. The van der Waals surface area contributed by atoms with E-state index in [1.165, 1.54) is 0 Å². The number of amides is 1. The first kappa shape index (κ1) is 19.4. The average Bonchev–Trinajstić information content (AvgIpc) is 3.18. The molecule has 3 heterocycles. The fourth-order valence-electron chi connectivity index (χ4n) is 3.92. The molecule has 152 valence electrons. The minimum atomic E-state index is 0.131. The van der Waals surface area contributed by atoms with Gasteiger partial charge in [-0.05, 0) is 18.6 Å². The lowest BCUT2D eigenvalue weighted by atomic mass is 10.1. The van der Waals surface area contributed by atoms with Crippen molar-refractivity contribution in [3.05, 3.63) is 42.4 Å². The van der Waals surface area contributed by atoms with Crippen LogP contribution < -0.4 is 4.90 Å². The van der Waals surface area contributed by atoms with Crippen LogP contribution in [0.25, 0.3) is 16.7 Å². The molecule has 1 amide bonds. The van der Waals surface area contributed by atoms with Crippen molar-refractivity contribution in [2.24, 2.45) is 0 Å². The Morgan fingerprint density at radius 1 is 1.10 bits per heavy atom. The van der Waals surface area contributed by atoms with Crippen LogP contribution in [0.5, 0.6) is 0 Å². The lowest BCUT2D eigenvalue weighted by molar-refractivity contribution is -0.129. The number of rotatable bonds is 5. The maximum absolute atomic E-state index is 11.7. The number of carbonyl (C=O) groups excluding carboxylic acids is 1. The summed E-state index contributed by atoms with van der Waals surface area (Å²) in [6, 6.07) is 10.1. The van der Waals surface area contributed by atoms with E-state index in [4.69, 9.17) is 9.97 Å². The highest BCUT2D eigenvalue weighted by Gasteiger charge is 2.24. The maximum Gasteiger partial charge on any atom is 0.219 e. The van der Waals surface area contributed by atoms with Crippen LogP contribution in [0.2, 0.25) is 0 Å². The second-order valence-corrected chi connectivity index (χ2v) is 7.72. The third kappa shape index (κ3) is 3.81. The number of nitrogens with zero attached hydrogens (tertiary/aromatic N) is 6. The monoisotopic (exact) mass is 392 g/mol. The maximum atomic E-state index is 11.7. The molecule has 2 aromatic heterocycles. The molecule has 0 spiro atoms. The summed E-state index contributed by atoms with van der Waals surface area (Å²) in [5.41, 5.74) is 1.83. The lowest BCUT2D eigenvalue weighted by Crippen LogP contribution is -2.48. The molecule has 0 radical (unpaired) electrons. The van der Waals surface area contributed by atoms with Crippen molar-refractivity contribution in [3.63, 3.8) is 0 Å². The van der Waals surface area contributed by atoms with E-state index in [0.29, 0.717) is 13.1 Å². The van der Waals surface area contributed by atoms with Gasteiger partial charge in [-0.1, -0.05) is 38.5 Å². The van der Waals surface area contributed by atoms with E-state index >= 15 is 0 Å². The first-order valence-electron chi connectivity index (χ1n) is 10.4. The fraction of sp³-hybridized carbons (Fsp3) is 0.455. The van der Waals surface area contributed by atoms with Crippen LogP contribution >= 0.6 is 0 Å². The molecule has 1 aliphatic heterocycles. The molecule has 0 aliphatic carbocycles. The first-order chi connectivity index (χ1) is 14.1. The number of hydrogen-bond donors (Lipinski definition) is 0. The molecule has 3 aromatic rings. The SMILES string of the molecule is CCC[C@H](C)c1nc(N2CCN(C(C)=O)CC2)c2cnn(-c3ccccc3)c2n1. The summed E-state index contributed by atoms with van der Waals surface area (Å²) in [6.07, 6.45) is 4.00. The summed E-state index contributed by atoms with van der Waals surface area (Å²) in [4.78, 5) is 25.8. The van der Waals surface area contributed by atoms with Gasteiger partial charge in [0.25, 0.3) is 0 Å². The number of para-hydroxylation sites is 1. The molecule has 1 aromatic carbocycles. The Kier molecular flexibility index (Phi) is 5.47. The van der Waals surface area contributed by atoms with Gasteiger partial charge in [0, 0.05) is 39.0 Å². The quantitative estimate of drug-likeness (QED) is 0.666. The van der Waals surface area contributed by atoms with Gasteiger partial charge in [0.1, 0.15) is 11.6 Å². The van der Waals surface area contributed by atoms with Gasteiger partial charge in [0.05, 0.1) is 17.3 Å². The van der Waals surface area contributed by atoms with E-state index < -0.39 is 0 Å². The molecule has 29 heavy (non-hydrogen) atoms. The zero-order valence-corrected chi connectivity index (χ0v) is 17.4. The van der Waals surface area contributed by atoms with Crippen LogP contribution in [-0.2, 0) is 4.79 Å². The average molecular weight is 393 g/mol. The molecule has 7 nitrogen and oxygen atoms in total. The molecule has 7 heteroatoms. The molecule has 1 aliphatic rings.